The Hall–Kier alpha value is 0.170. The summed E-state index contributed by atoms with van der Waals surface area (Å²) in [5.41, 5.74) is 5.08. The number of halogens is 2. The summed E-state index contributed by atoms with van der Waals surface area (Å²) in [5, 5.41) is 0. The fraction of sp³-hybridized carbons (Fsp3) is 1.00. The summed E-state index contributed by atoms with van der Waals surface area (Å²) in [6, 6.07) is 0. The molecule has 0 amide bonds. The molecule has 66 valence electrons. The van der Waals surface area contributed by atoms with Gasteiger partial charge < -0.3 is 5.73 Å². The Morgan fingerprint density at radius 1 is 1.45 bits per heavy atom. The van der Waals surface area contributed by atoms with Crippen LogP contribution in [0.2, 0.25) is 0 Å². The normalized spacial score (nSPS) is 26.2. The molecule has 1 fully saturated rings. The van der Waals surface area contributed by atoms with Crippen LogP contribution in [0, 0.1) is 0 Å². The zero-order valence-electron chi connectivity index (χ0n) is 6.57. The van der Waals surface area contributed by atoms with E-state index < -0.39 is 11.5 Å². The minimum Gasteiger partial charge on any atom is -0.324 e. The molecule has 0 radical (unpaired) electrons. The van der Waals surface area contributed by atoms with Gasteiger partial charge in [-0.1, -0.05) is 6.92 Å². The molecule has 0 atom stereocenters. The van der Waals surface area contributed by atoms with E-state index in [1.54, 1.807) is 11.8 Å². The zero-order valence-corrected chi connectivity index (χ0v) is 7.39. The Bertz CT molecular complexity index is 141. The van der Waals surface area contributed by atoms with Gasteiger partial charge >= 0.3 is 0 Å². The number of alkyl halides is 2. The van der Waals surface area contributed by atoms with E-state index in [0.29, 0.717) is 5.75 Å². The molecule has 1 rings (SSSR count). The van der Waals surface area contributed by atoms with E-state index in [1.807, 2.05) is 6.92 Å². The molecule has 11 heavy (non-hydrogen) atoms. The van der Waals surface area contributed by atoms with Crippen molar-refractivity contribution in [1.29, 1.82) is 0 Å². The SMILES string of the molecule is CCSCC1(N)CC(F)(F)C1. The molecule has 0 heterocycles. The molecule has 1 aliphatic carbocycles. The zero-order chi connectivity index (χ0) is 8.54. The number of nitrogens with two attached hydrogens (primary N) is 1. The van der Waals surface area contributed by atoms with Crippen molar-refractivity contribution in [2.24, 2.45) is 5.73 Å². The molecule has 1 nitrogen and oxygen atoms in total. The third-order valence-electron chi connectivity index (χ3n) is 1.82. The van der Waals surface area contributed by atoms with Gasteiger partial charge in [0, 0.05) is 24.1 Å². The van der Waals surface area contributed by atoms with Crippen LogP contribution in [0.3, 0.4) is 0 Å². The van der Waals surface area contributed by atoms with Gasteiger partial charge in [-0.25, -0.2) is 8.78 Å². The highest BCUT2D eigenvalue weighted by molar-refractivity contribution is 7.99. The van der Waals surface area contributed by atoms with Gasteiger partial charge in [-0.2, -0.15) is 11.8 Å². The molecule has 0 aromatic carbocycles. The van der Waals surface area contributed by atoms with Crippen LogP contribution in [0.5, 0.6) is 0 Å². The standard InChI is InChI=1S/C7H13F2NS/c1-2-11-5-6(10)3-7(8,9)4-6/h2-5,10H2,1H3. The summed E-state index contributed by atoms with van der Waals surface area (Å²) in [6.45, 7) is 2.00. The van der Waals surface area contributed by atoms with Crippen LogP contribution in [-0.2, 0) is 0 Å². The fourth-order valence-corrected chi connectivity index (χ4v) is 2.20. The first-order valence-electron chi connectivity index (χ1n) is 3.72. The van der Waals surface area contributed by atoms with Crippen LogP contribution < -0.4 is 5.73 Å². The van der Waals surface area contributed by atoms with E-state index in [-0.39, 0.29) is 12.8 Å². The maximum absolute atomic E-state index is 12.4. The van der Waals surface area contributed by atoms with Gasteiger partial charge in [-0.3, -0.25) is 0 Å². The molecule has 0 aliphatic heterocycles. The lowest BCUT2D eigenvalue weighted by molar-refractivity contribution is -0.114. The second kappa shape index (κ2) is 2.90. The minimum absolute atomic E-state index is 0.132. The molecule has 1 aliphatic rings. The Morgan fingerprint density at radius 2 is 2.00 bits per heavy atom. The smallest absolute Gasteiger partial charge is 0.251 e. The average Bonchev–Trinajstić information content (AvgIpc) is 1.79. The Kier molecular flexibility index (Phi) is 2.44. The van der Waals surface area contributed by atoms with E-state index in [1.165, 1.54) is 0 Å². The first kappa shape index (κ1) is 9.26. The van der Waals surface area contributed by atoms with Crippen molar-refractivity contribution < 1.29 is 8.78 Å². The second-order valence-electron chi connectivity index (χ2n) is 3.21. The molecular formula is C7H13F2NS. The van der Waals surface area contributed by atoms with Gasteiger partial charge in [-0.15, -0.1) is 0 Å². The van der Waals surface area contributed by atoms with Crippen molar-refractivity contribution in [1.82, 2.24) is 0 Å². The van der Waals surface area contributed by atoms with Gasteiger partial charge in [0.25, 0.3) is 5.92 Å². The number of thioether (sulfide) groups is 1. The van der Waals surface area contributed by atoms with E-state index in [9.17, 15) is 8.78 Å². The second-order valence-corrected chi connectivity index (χ2v) is 4.48. The Balaban J connectivity index is 2.25. The van der Waals surface area contributed by atoms with Gasteiger partial charge in [-0.05, 0) is 5.75 Å². The number of hydrogen-bond acceptors (Lipinski definition) is 2. The monoisotopic (exact) mass is 181 g/mol. The highest BCUT2D eigenvalue weighted by atomic mass is 32.2. The van der Waals surface area contributed by atoms with Crippen molar-refractivity contribution in [2.75, 3.05) is 11.5 Å². The summed E-state index contributed by atoms with van der Waals surface area (Å²) in [6.07, 6.45) is -0.264. The van der Waals surface area contributed by atoms with E-state index >= 15 is 0 Å². The summed E-state index contributed by atoms with van der Waals surface area (Å²) in [4.78, 5) is 0. The van der Waals surface area contributed by atoms with Crippen LogP contribution in [-0.4, -0.2) is 23.0 Å². The summed E-state index contributed by atoms with van der Waals surface area (Å²) >= 11 is 1.63. The number of rotatable bonds is 3. The van der Waals surface area contributed by atoms with Crippen LogP contribution in [0.15, 0.2) is 0 Å². The van der Waals surface area contributed by atoms with Crippen LogP contribution in [0.1, 0.15) is 19.8 Å². The summed E-state index contributed by atoms with van der Waals surface area (Å²) in [7, 11) is 0. The van der Waals surface area contributed by atoms with Gasteiger partial charge in [0.1, 0.15) is 0 Å². The topological polar surface area (TPSA) is 26.0 Å². The van der Waals surface area contributed by atoms with Gasteiger partial charge in [0.05, 0.1) is 0 Å². The summed E-state index contributed by atoms with van der Waals surface area (Å²) in [5.74, 6) is -0.868. The van der Waals surface area contributed by atoms with Crippen molar-refractivity contribution in [3.05, 3.63) is 0 Å². The van der Waals surface area contributed by atoms with Crippen molar-refractivity contribution in [3.63, 3.8) is 0 Å². The first-order valence-corrected chi connectivity index (χ1v) is 4.87. The van der Waals surface area contributed by atoms with Crippen LogP contribution >= 0.6 is 11.8 Å². The van der Waals surface area contributed by atoms with Crippen molar-refractivity contribution in [2.45, 2.75) is 31.2 Å². The predicted molar refractivity (Wildman–Crippen MR) is 44.1 cm³/mol. The molecular weight excluding hydrogens is 168 g/mol. The molecule has 0 aromatic heterocycles. The van der Waals surface area contributed by atoms with Crippen molar-refractivity contribution >= 4 is 11.8 Å². The Labute approximate surface area is 69.7 Å². The molecule has 0 aromatic rings. The summed E-state index contributed by atoms with van der Waals surface area (Å²) < 4.78 is 24.7. The number of hydrogen-bond donors (Lipinski definition) is 1. The lowest BCUT2D eigenvalue weighted by Crippen LogP contribution is -2.59. The van der Waals surface area contributed by atoms with E-state index in [4.69, 9.17) is 5.73 Å². The maximum atomic E-state index is 12.4. The minimum atomic E-state index is -2.48. The molecule has 4 heteroatoms. The van der Waals surface area contributed by atoms with E-state index in [0.717, 1.165) is 5.75 Å². The lowest BCUT2D eigenvalue weighted by Gasteiger charge is -2.44. The molecule has 0 unspecified atom stereocenters. The molecule has 0 bridgehead atoms. The third-order valence-corrected chi connectivity index (χ3v) is 3.00. The molecule has 0 spiro atoms. The Morgan fingerprint density at radius 3 is 2.36 bits per heavy atom. The average molecular weight is 181 g/mol. The first-order chi connectivity index (χ1) is 4.97. The fourth-order valence-electron chi connectivity index (χ4n) is 1.39. The largest absolute Gasteiger partial charge is 0.324 e. The third kappa shape index (κ3) is 2.30. The molecule has 2 N–H and O–H groups in total. The molecule has 0 saturated heterocycles. The van der Waals surface area contributed by atoms with Crippen LogP contribution in [0.4, 0.5) is 8.78 Å². The van der Waals surface area contributed by atoms with E-state index in [2.05, 4.69) is 0 Å². The van der Waals surface area contributed by atoms with Gasteiger partial charge in [0.15, 0.2) is 0 Å². The highest BCUT2D eigenvalue weighted by Gasteiger charge is 2.53. The van der Waals surface area contributed by atoms with Crippen molar-refractivity contribution in [3.8, 4) is 0 Å². The predicted octanol–water partition coefficient (Wildman–Crippen LogP) is 1.87. The maximum Gasteiger partial charge on any atom is 0.251 e. The molecule has 1 saturated carbocycles. The quantitative estimate of drug-likeness (QED) is 0.719. The van der Waals surface area contributed by atoms with Gasteiger partial charge in [0.2, 0.25) is 0 Å². The van der Waals surface area contributed by atoms with Crippen LogP contribution in [0.25, 0.3) is 0 Å². The lowest BCUT2D eigenvalue weighted by atomic mass is 9.76. The highest BCUT2D eigenvalue weighted by Crippen LogP contribution is 2.45.